The van der Waals surface area contributed by atoms with E-state index in [0.29, 0.717) is 35.9 Å². The highest BCUT2D eigenvalue weighted by Gasteiger charge is 2.14. The second-order valence-corrected chi connectivity index (χ2v) is 4.46. The molecule has 6 heteroatoms. The quantitative estimate of drug-likeness (QED) is 0.683. The Balaban J connectivity index is 2.72. The lowest BCUT2D eigenvalue weighted by molar-refractivity contribution is -0.116. The Kier molecular flexibility index (Phi) is 7.39. The molecule has 1 amide bonds. The summed E-state index contributed by atoms with van der Waals surface area (Å²) in [5.41, 5.74) is 0.616. The van der Waals surface area contributed by atoms with Crippen LogP contribution in [0.5, 0.6) is 17.2 Å². The molecular weight excluding hydrogens is 272 g/mol. The van der Waals surface area contributed by atoms with Crippen LogP contribution < -0.4 is 24.8 Å². The Labute approximate surface area is 125 Å². The molecule has 0 spiro atoms. The Morgan fingerprint density at radius 1 is 1.05 bits per heavy atom. The highest BCUT2D eigenvalue weighted by Crippen LogP contribution is 2.39. The van der Waals surface area contributed by atoms with Crippen molar-refractivity contribution in [3.8, 4) is 17.2 Å². The average Bonchev–Trinajstić information content (AvgIpc) is 2.50. The summed E-state index contributed by atoms with van der Waals surface area (Å²) in [5.74, 6) is 1.46. The van der Waals surface area contributed by atoms with Crippen molar-refractivity contribution in [1.82, 2.24) is 5.32 Å². The summed E-state index contributed by atoms with van der Waals surface area (Å²) >= 11 is 0. The van der Waals surface area contributed by atoms with E-state index in [9.17, 15) is 4.79 Å². The van der Waals surface area contributed by atoms with Gasteiger partial charge in [0.2, 0.25) is 11.7 Å². The summed E-state index contributed by atoms with van der Waals surface area (Å²) in [6, 6.07) is 3.41. The Morgan fingerprint density at radius 2 is 1.67 bits per heavy atom. The molecule has 21 heavy (non-hydrogen) atoms. The average molecular weight is 296 g/mol. The van der Waals surface area contributed by atoms with Gasteiger partial charge in [-0.2, -0.15) is 0 Å². The van der Waals surface area contributed by atoms with Crippen LogP contribution in [-0.2, 0) is 4.79 Å². The van der Waals surface area contributed by atoms with E-state index in [4.69, 9.17) is 14.2 Å². The zero-order valence-corrected chi connectivity index (χ0v) is 13.1. The fourth-order valence-electron chi connectivity index (χ4n) is 1.88. The molecule has 0 heterocycles. The highest BCUT2D eigenvalue weighted by atomic mass is 16.5. The molecule has 0 bridgehead atoms. The van der Waals surface area contributed by atoms with Gasteiger partial charge < -0.3 is 24.8 Å². The van der Waals surface area contributed by atoms with E-state index in [1.54, 1.807) is 12.1 Å². The summed E-state index contributed by atoms with van der Waals surface area (Å²) < 4.78 is 15.7. The van der Waals surface area contributed by atoms with Gasteiger partial charge in [-0.15, -0.1) is 0 Å². The third-order valence-corrected chi connectivity index (χ3v) is 2.90. The van der Waals surface area contributed by atoms with Crippen molar-refractivity contribution in [3.63, 3.8) is 0 Å². The van der Waals surface area contributed by atoms with Gasteiger partial charge in [-0.05, 0) is 13.0 Å². The summed E-state index contributed by atoms with van der Waals surface area (Å²) in [7, 11) is 4.62. The highest BCUT2D eigenvalue weighted by molar-refractivity contribution is 5.91. The van der Waals surface area contributed by atoms with Crippen molar-refractivity contribution in [1.29, 1.82) is 0 Å². The van der Waals surface area contributed by atoms with Crippen molar-refractivity contribution in [2.75, 3.05) is 39.7 Å². The van der Waals surface area contributed by atoms with E-state index in [0.717, 1.165) is 13.0 Å². The fourth-order valence-corrected chi connectivity index (χ4v) is 1.88. The third-order valence-electron chi connectivity index (χ3n) is 2.90. The maximum Gasteiger partial charge on any atom is 0.225 e. The first kappa shape index (κ1) is 17.1. The van der Waals surface area contributed by atoms with Crippen molar-refractivity contribution in [2.45, 2.75) is 19.8 Å². The van der Waals surface area contributed by atoms with E-state index < -0.39 is 0 Å². The van der Waals surface area contributed by atoms with Crippen LogP contribution in [0.25, 0.3) is 0 Å². The van der Waals surface area contributed by atoms with Crippen LogP contribution in [0.2, 0.25) is 0 Å². The standard InChI is InChI=1S/C15H24N2O4/c1-5-7-16-8-6-14(18)17-11-9-12(19-2)15(21-4)13(10-11)20-3/h9-10,16H,5-8H2,1-4H3,(H,17,18). The lowest BCUT2D eigenvalue weighted by atomic mass is 10.2. The molecule has 0 aliphatic heterocycles. The van der Waals surface area contributed by atoms with Gasteiger partial charge in [0.05, 0.1) is 21.3 Å². The van der Waals surface area contributed by atoms with Crippen LogP contribution in [0.4, 0.5) is 5.69 Å². The van der Waals surface area contributed by atoms with Crippen molar-refractivity contribution in [3.05, 3.63) is 12.1 Å². The predicted octanol–water partition coefficient (Wildman–Crippen LogP) is 2.04. The molecule has 0 saturated carbocycles. The van der Waals surface area contributed by atoms with Gasteiger partial charge in [0, 0.05) is 30.8 Å². The summed E-state index contributed by atoms with van der Waals surface area (Å²) in [6.07, 6.45) is 1.46. The number of hydrogen-bond donors (Lipinski definition) is 2. The monoisotopic (exact) mass is 296 g/mol. The fraction of sp³-hybridized carbons (Fsp3) is 0.533. The molecular formula is C15H24N2O4. The molecule has 1 aromatic rings. The zero-order valence-electron chi connectivity index (χ0n) is 13.1. The molecule has 1 rings (SSSR count). The van der Waals surface area contributed by atoms with E-state index in [-0.39, 0.29) is 5.91 Å². The van der Waals surface area contributed by atoms with E-state index >= 15 is 0 Å². The third kappa shape index (κ3) is 5.15. The number of carbonyl (C=O) groups excluding carboxylic acids is 1. The molecule has 0 aliphatic rings. The van der Waals surface area contributed by atoms with Crippen molar-refractivity contribution < 1.29 is 19.0 Å². The lowest BCUT2D eigenvalue weighted by Gasteiger charge is -2.14. The van der Waals surface area contributed by atoms with E-state index in [1.807, 2.05) is 0 Å². The van der Waals surface area contributed by atoms with Crippen LogP contribution in [0.15, 0.2) is 12.1 Å². The van der Waals surface area contributed by atoms with Gasteiger partial charge in [-0.1, -0.05) is 6.92 Å². The first-order valence-electron chi connectivity index (χ1n) is 6.96. The number of nitrogens with one attached hydrogen (secondary N) is 2. The summed E-state index contributed by atoms with van der Waals surface area (Å²) in [6.45, 7) is 3.66. The molecule has 6 nitrogen and oxygen atoms in total. The molecule has 0 radical (unpaired) electrons. The molecule has 2 N–H and O–H groups in total. The molecule has 118 valence electrons. The lowest BCUT2D eigenvalue weighted by Crippen LogP contribution is -2.22. The SMILES string of the molecule is CCCNCCC(=O)Nc1cc(OC)c(OC)c(OC)c1. The van der Waals surface area contributed by atoms with Crippen molar-refractivity contribution in [2.24, 2.45) is 0 Å². The number of rotatable bonds is 9. The smallest absolute Gasteiger partial charge is 0.225 e. The summed E-state index contributed by atoms with van der Waals surface area (Å²) in [4.78, 5) is 11.9. The minimum absolute atomic E-state index is 0.0622. The van der Waals surface area contributed by atoms with Crippen LogP contribution >= 0.6 is 0 Å². The number of methoxy groups -OCH3 is 3. The van der Waals surface area contributed by atoms with Gasteiger partial charge in [-0.3, -0.25) is 4.79 Å². The van der Waals surface area contributed by atoms with Gasteiger partial charge in [0.15, 0.2) is 11.5 Å². The molecule has 0 aliphatic carbocycles. The molecule has 0 fully saturated rings. The van der Waals surface area contributed by atoms with Gasteiger partial charge in [0.25, 0.3) is 0 Å². The number of anilines is 1. The maximum absolute atomic E-state index is 11.9. The molecule has 1 aromatic carbocycles. The van der Waals surface area contributed by atoms with E-state index in [1.165, 1.54) is 21.3 Å². The minimum Gasteiger partial charge on any atom is -0.493 e. The number of benzene rings is 1. The normalized spacial score (nSPS) is 10.1. The molecule has 0 saturated heterocycles. The number of amides is 1. The second-order valence-electron chi connectivity index (χ2n) is 4.46. The molecule has 0 atom stereocenters. The Bertz CT molecular complexity index is 438. The first-order valence-corrected chi connectivity index (χ1v) is 6.96. The molecule has 0 unspecified atom stereocenters. The topological polar surface area (TPSA) is 68.8 Å². The van der Waals surface area contributed by atoms with Gasteiger partial charge in [-0.25, -0.2) is 0 Å². The Morgan fingerprint density at radius 3 is 2.14 bits per heavy atom. The second kappa shape index (κ2) is 9.07. The zero-order chi connectivity index (χ0) is 15.7. The van der Waals surface area contributed by atoms with Crippen LogP contribution in [0.1, 0.15) is 19.8 Å². The summed E-state index contributed by atoms with van der Waals surface area (Å²) in [5, 5.41) is 6.01. The van der Waals surface area contributed by atoms with Gasteiger partial charge >= 0.3 is 0 Å². The van der Waals surface area contributed by atoms with E-state index in [2.05, 4.69) is 17.6 Å². The number of carbonyl (C=O) groups is 1. The molecule has 0 aromatic heterocycles. The van der Waals surface area contributed by atoms with Crippen molar-refractivity contribution >= 4 is 11.6 Å². The van der Waals surface area contributed by atoms with Crippen LogP contribution in [-0.4, -0.2) is 40.3 Å². The van der Waals surface area contributed by atoms with Crippen LogP contribution in [0.3, 0.4) is 0 Å². The maximum atomic E-state index is 11.9. The largest absolute Gasteiger partial charge is 0.493 e. The number of hydrogen-bond acceptors (Lipinski definition) is 5. The number of ether oxygens (including phenoxy) is 3. The minimum atomic E-state index is -0.0622. The predicted molar refractivity (Wildman–Crippen MR) is 82.5 cm³/mol. The first-order chi connectivity index (χ1) is 10.2. The van der Waals surface area contributed by atoms with Gasteiger partial charge in [0.1, 0.15) is 0 Å². The van der Waals surface area contributed by atoms with Crippen LogP contribution in [0, 0.1) is 0 Å². The Hall–Kier alpha value is -1.95.